The molecule has 22 heavy (non-hydrogen) atoms. The number of non-ortho nitro benzene ring substituents is 1. The van der Waals surface area contributed by atoms with Crippen LogP contribution in [0.3, 0.4) is 0 Å². The molecule has 0 aliphatic carbocycles. The van der Waals surface area contributed by atoms with E-state index in [0.29, 0.717) is 12.1 Å². The van der Waals surface area contributed by atoms with E-state index in [9.17, 15) is 28.1 Å². The number of amides is 1. The molecule has 1 N–H and O–H groups in total. The van der Waals surface area contributed by atoms with E-state index in [-0.39, 0.29) is 11.3 Å². The fourth-order valence-electron chi connectivity index (χ4n) is 1.75. The van der Waals surface area contributed by atoms with Gasteiger partial charge in [0.2, 0.25) is 0 Å². The van der Waals surface area contributed by atoms with Crippen molar-refractivity contribution in [3.05, 3.63) is 69.8 Å². The molecule has 0 bridgehead atoms. The third-order valence-electron chi connectivity index (χ3n) is 2.75. The van der Waals surface area contributed by atoms with Gasteiger partial charge in [-0.2, -0.15) is 13.2 Å². The van der Waals surface area contributed by atoms with Crippen molar-refractivity contribution in [3.8, 4) is 0 Å². The molecule has 0 spiro atoms. The zero-order chi connectivity index (χ0) is 16.3. The minimum Gasteiger partial charge on any atom is -0.322 e. The molecule has 0 radical (unpaired) electrons. The fourth-order valence-corrected chi connectivity index (χ4v) is 1.75. The number of benzene rings is 2. The highest BCUT2D eigenvalue weighted by Gasteiger charge is 2.33. The van der Waals surface area contributed by atoms with Gasteiger partial charge in [0, 0.05) is 23.4 Å². The summed E-state index contributed by atoms with van der Waals surface area (Å²) in [5, 5.41) is 12.9. The van der Waals surface area contributed by atoms with Crippen molar-refractivity contribution in [2.75, 3.05) is 5.32 Å². The molecule has 0 aliphatic heterocycles. The van der Waals surface area contributed by atoms with Crippen molar-refractivity contribution < 1.29 is 22.9 Å². The first-order chi connectivity index (χ1) is 10.3. The van der Waals surface area contributed by atoms with Gasteiger partial charge in [-0.15, -0.1) is 0 Å². The Balaban J connectivity index is 2.36. The lowest BCUT2D eigenvalue weighted by Crippen LogP contribution is -2.13. The topological polar surface area (TPSA) is 72.2 Å². The number of carbonyl (C=O) groups is 1. The van der Waals surface area contributed by atoms with Gasteiger partial charge in [0.05, 0.1) is 10.5 Å². The number of alkyl halides is 3. The lowest BCUT2D eigenvalue weighted by Gasteiger charge is -2.10. The second-order valence-corrected chi connectivity index (χ2v) is 4.34. The predicted octanol–water partition coefficient (Wildman–Crippen LogP) is 3.87. The first-order valence-electron chi connectivity index (χ1n) is 6.00. The summed E-state index contributed by atoms with van der Waals surface area (Å²) in [6.07, 6.45) is -4.75. The molecule has 0 saturated carbocycles. The van der Waals surface area contributed by atoms with Crippen LogP contribution in [-0.4, -0.2) is 10.8 Å². The van der Waals surface area contributed by atoms with Gasteiger partial charge in [0.25, 0.3) is 11.6 Å². The summed E-state index contributed by atoms with van der Waals surface area (Å²) in [5.41, 5.74) is -2.03. The molecule has 2 aromatic rings. The van der Waals surface area contributed by atoms with E-state index >= 15 is 0 Å². The van der Waals surface area contributed by atoms with Crippen molar-refractivity contribution in [2.45, 2.75) is 6.18 Å². The summed E-state index contributed by atoms with van der Waals surface area (Å²) in [6, 6.07) is 9.72. The zero-order valence-corrected chi connectivity index (χ0v) is 10.9. The van der Waals surface area contributed by atoms with E-state index in [1.165, 1.54) is 12.1 Å². The molecule has 0 aliphatic rings. The van der Waals surface area contributed by atoms with Crippen molar-refractivity contribution in [1.82, 2.24) is 0 Å². The van der Waals surface area contributed by atoms with Crippen LogP contribution >= 0.6 is 0 Å². The number of nitrogens with one attached hydrogen (secondary N) is 1. The molecule has 5 nitrogen and oxygen atoms in total. The van der Waals surface area contributed by atoms with Crippen LogP contribution in [0.1, 0.15) is 15.9 Å². The van der Waals surface area contributed by atoms with Crippen molar-refractivity contribution in [1.29, 1.82) is 0 Å². The van der Waals surface area contributed by atoms with Gasteiger partial charge >= 0.3 is 6.18 Å². The lowest BCUT2D eigenvalue weighted by atomic mass is 10.1. The molecule has 0 unspecified atom stereocenters. The molecular formula is C14H9F3N2O3. The molecule has 114 valence electrons. The van der Waals surface area contributed by atoms with Crippen molar-refractivity contribution in [2.24, 2.45) is 0 Å². The first-order valence-corrected chi connectivity index (χ1v) is 6.00. The Morgan fingerprint density at radius 2 is 1.73 bits per heavy atom. The summed E-state index contributed by atoms with van der Waals surface area (Å²) >= 11 is 0. The Labute approximate surface area is 122 Å². The maximum atomic E-state index is 12.7. The normalized spacial score (nSPS) is 11.0. The van der Waals surface area contributed by atoms with Crippen LogP contribution in [0.2, 0.25) is 0 Å². The van der Waals surface area contributed by atoms with E-state index in [4.69, 9.17) is 0 Å². The zero-order valence-electron chi connectivity index (χ0n) is 10.9. The van der Waals surface area contributed by atoms with Gasteiger partial charge in [0.1, 0.15) is 0 Å². The van der Waals surface area contributed by atoms with Crippen molar-refractivity contribution >= 4 is 17.3 Å². The molecule has 2 aromatic carbocycles. The number of nitro groups is 1. The Morgan fingerprint density at radius 1 is 1.09 bits per heavy atom. The average molecular weight is 310 g/mol. The molecule has 2 rings (SSSR count). The SMILES string of the molecule is O=C(Nc1cc([N+](=O)[O-])cc(C(F)(F)F)c1)c1ccccc1. The Bertz CT molecular complexity index is 715. The number of hydrogen-bond acceptors (Lipinski definition) is 3. The van der Waals surface area contributed by atoms with E-state index in [1.54, 1.807) is 18.2 Å². The fraction of sp³-hybridized carbons (Fsp3) is 0.0714. The minimum atomic E-state index is -4.75. The Morgan fingerprint density at radius 3 is 2.27 bits per heavy atom. The van der Waals surface area contributed by atoms with Gasteiger partial charge in [-0.25, -0.2) is 0 Å². The molecule has 0 saturated heterocycles. The monoisotopic (exact) mass is 310 g/mol. The van der Waals surface area contributed by atoms with Crippen LogP contribution in [0.4, 0.5) is 24.5 Å². The summed E-state index contributed by atoms with van der Waals surface area (Å²) in [7, 11) is 0. The smallest absolute Gasteiger partial charge is 0.322 e. The highest BCUT2D eigenvalue weighted by molar-refractivity contribution is 6.04. The molecule has 1 amide bonds. The van der Waals surface area contributed by atoms with Crippen LogP contribution in [0.15, 0.2) is 48.5 Å². The maximum absolute atomic E-state index is 12.7. The van der Waals surface area contributed by atoms with Gasteiger partial charge in [-0.1, -0.05) is 18.2 Å². The van der Waals surface area contributed by atoms with Gasteiger partial charge in [0.15, 0.2) is 0 Å². The average Bonchev–Trinajstić information content (AvgIpc) is 2.46. The summed E-state index contributed by atoms with van der Waals surface area (Å²) < 4.78 is 38.2. The standard InChI is InChI=1S/C14H9F3N2O3/c15-14(16,17)10-6-11(8-12(7-10)19(21)22)18-13(20)9-4-2-1-3-5-9/h1-8H,(H,18,20). The number of carbonyl (C=O) groups excluding carboxylic acids is 1. The summed E-state index contributed by atoms with van der Waals surface area (Å²) in [6.45, 7) is 0. The van der Waals surface area contributed by atoms with Gasteiger partial charge < -0.3 is 5.32 Å². The molecule has 0 fully saturated rings. The van der Waals surface area contributed by atoms with Crippen LogP contribution in [0, 0.1) is 10.1 Å². The van der Waals surface area contributed by atoms with Crippen LogP contribution < -0.4 is 5.32 Å². The van der Waals surface area contributed by atoms with E-state index in [2.05, 4.69) is 5.32 Å². The third kappa shape index (κ3) is 3.60. The second kappa shape index (κ2) is 5.84. The van der Waals surface area contributed by atoms with E-state index in [0.717, 1.165) is 6.07 Å². The summed E-state index contributed by atoms with van der Waals surface area (Å²) in [5.74, 6) is -0.658. The first kappa shape index (κ1) is 15.5. The molecule has 8 heteroatoms. The number of hydrogen-bond donors (Lipinski definition) is 1. The number of halogens is 3. The lowest BCUT2D eigenvalue weighted by molar-refractivity contribution is -0.385. The molecule has 0 aromatic heterocycles. The van der Waals surface area contributed by atoms with Crippen molar-refractivity contribution in [3.63, 3.8) is 0 Å². The molecular weight excluding hydrogens is 301 g/mol. The largest absolute Gasteiger partial charge is 0.416 e. The Kier molecular flexibility index (Phi) is 4.11. The van der Waals surface area contributed by atoms with Crippen LogP contribution in [0.5, 0.6) is 0 Å². The number of nitrogens with zero attached hydrogens (tertiary/aromatic N) is 1. The van der Waals surface area contributed by atoms with E-state index in [1.807, 2.05) is 0 Å². The maximum Gasteiger partial charge on any atom is 0.416 e. The van der Waals surface area contributed by atoms with Crippen LogP contribution in [-0.2, 0) is 6.18 Å². The number of rotatable bonds is 3. The highest BCUT2D eigenvalue weighted by Crippen LogP contribution is 2.34. The number of anilines is 1. The minimum absolute atomic E-state index is 0.225. The molecule has 0 heterocycles. The third-order valence-corrected chi connectivity index (χ3v) is 2.75. The highest BCUT2D eigenvalue weighted by atomic mass is 19.4. The quantitative estimate of drug-likeness (QED) is 0.691. The molecule has 0 atom stereocenters. The van der Waals surface area contributed by atoms with E-state index < -0.39 is 28.3 Å². The Hall–Kier alpha value is -2.90. The predicted molar refractivity (Wildman–Crippen MR) is 72.5 cm³/mol. The number of nitro benzene ring substituents is 1. The van der Waals surface area contributed by atoms with Gasteiger partial charge in [-0.3, -0.25) is 14.9 Å². The van der Waals surface area contributed by atoms with Crippen LogP contribution in [0.25, 0.3) is 0 Å². The summed E-state index contributed by atoms with van der Waals surface area (Å²) in [4.78, 5) is 21.7. The second-order valence-electron chi connectivity index (χ2n) is 4.34. The van der Waals surface area contributed by atoms with Gasteiger partial charge in [-0.05, 0) is 18.2 Å².